The number of benzene rings is 1. The second-order valence-electron chi connectivity index (χ2n) is 5.41. The molecule has 94 valence electrons. The van der Waals surface area contributed by atoms with E-state index in [-0.39, 0.29) is 11.2 Å². The first-order valence-corrected chi connectivity index (χ1v) is 5.72. The van der Waals surface area contributed by atoms with Gasteiger partial charge in [0.15, 0.2) is 5.78 Å². The van der Waals surface area contributed by atoms with Gasteiger partial charge in [-0.1, -0.05) is 32.4 Å². The highest BCUT2D eigenvalue weighted by Gasteiger charge is 2.29. The monoisotopic (exact) mass is 235 g/mol. The van der Waals surface area contributed by atoms with Crippen molar-refractivity contribution < 1.29 is 9.53 Å². The van der Waals surface area contributed by atoms with Gasteiger partial charge in [0.25, 0.3) is 0 Å². The van der Waals surface area contributed by atoms with Crippen LogP contribution in [0.3, 0.4) is 0 Å². The topological polar surface area (TPSA) is 52.3 Å². The summed E-state index contributed by atoms with van der Waals surface area (Å²) < 4.78 is 5.21. The fourth-order valence-corrected chi connectivity index (χ4v) is 1.58. The second-order valence-corrected chi connectivity index (χ2v) is 5.41. The van der Waals surface area contributed by atoms with Gasteiger partial charge in [0.05, 0.1) is 18.7 Å². The minimum atomic E-state index is -0.529. The molecule has 17 heavy (non-hydrogen) atoms. The smallest absolute Gasteiger partial charge is 0.183 e. The molecule has 0 aromatic heterocycles. The van der Waals surface area contributed by atoms with Gasteiger partial charge in [-0.3, -0.25) is 4.79 Å². The highest BCUT2D eigenvalue weighted by Crippen LogP contribution is 2.26. The Hall–Kier alpha value is -1.35. The zero-order valence-corrected chi connectivity index (χ0v) is 11.2. The Bertz CT molecular complexity index is 419. The highest BCUT2D eigenvalue weighted by molar-refractivity contribution is 6.02. The minimum absolute atomic E-state index is 0.0712. The van der Waals surface area contributed by atoms with Crippen molar-refractivity contribution in [1.29, 1.82) is 0 Å². The standard InChI is InChI=1S/C14H21NO2/c1-9-6-7-11(17-5)10(8-9)12(16)13(15)14(2,3)4/h6-8,13H,15H2,1-5H3. The number of aryl methyl sites for hydroxylation is 1. The molecule has 1 atom stereocenters. The fourth-order valence-electron chi connectivity index (χ4n) is 1.58. The maximum atomic E-state index is 12.3. The molecule has 0 saturated carbocycles. The number of methoxy groups -OCH3 is 1. The molecule has 1 rings (SSSR count). The second kappa shape index (κ2) is 4.88. The molecule has 0 amide bonds. The summed E-state index contributed by atoms with van der Waals surface area (Å²) in [5.41, 5.74) is 7.32. The molecule has 0 saturated heterocycles. The van der Waals surface area contributed by atoms with Gasteiger partial charge in [0.1, 0.15) is 5.75 Å². The average molecular weight is 235 g/mol. The van der Waals surface area contributed by atoms with Gasteiger partial charge in [-0.05, 0) is 24.5 Å². The zero-order valence-electron chi connectivity index (χ0n) is 11.2. The van der Waals surface area contributed by atoms with Gasteiger partial charge in [-0.15, -0.1) is 0 Å². The third-order valence-electron chi connectivity index (χ3n) is 2.84. The van der Waals surface area contributed by atoms with E-state index in [4.69, 9.17) is 10.5 Å². The van der Waals surface area contributed by atoms with Gasteiger partial charge in [-0.2, -0.15) is 0 Å². The van der Waals surface area contributed by atoms with E-state index >= 15 is 0 Å². The lowest BCUT2D eigenvalue weighted by Gasteiger charge is -2.26. The number of hydrogen-bond donors (Lipinski definition) is 1. The molecule has 0 fully saturated rings. The number of carbonyl (C=O) groups excluding carboxylic acids is 1. The molecular weight excluding hydrogens is 214 g/mol. The maximum absolute atomic E-state index is 12.3. The number of ether oxygens (including phenoxy) is 1. The lowest BCUT2D eigenvalue weighted by atomic mass is 9.82. The lowest BCUT2D eigenvalue weighted by molar-refractivity contribution is 0.0898. The number of carbonyl (C=O) groups is 1. The molecule has 2 N–H and O–H groups in total. The first-order chi connectivity index (χ1) is 7.77. The van der Waals surface area contributed by atoms with E-state index in [2.05, 4.69) is 0 Å². The molecule has 0 aliphatic heterocycles. The third-order valence-corrected chi connectivity index (χ3v) is 2.84. The summed E-state index contributed by atoms with van der Waals surface area (Å²) in [6, 6.07) is 5.02. The van der Waals surface area contributed by atoms with E-state index in [1.54, 1.807) is 13.2 Å². The first kappa shape index (κ1) is 13.7. The van der Waals surface area contributed by atoms with Crippen LogP contribution in [-0.4, -0.2) is 18.9 Å². The molecule has 0 radical (unpaired) electrons. The van der Waals surface area contributed by atoms with E-state index in [1.807, 2.05) is 39.8 Å². The van der Waals surface area contributed by atoms with E-state index in [0.29, 0.717) is 11.3 Å². The Balaban J connectivity index is 3.16. The molecule has 1 aromatic carbocycles. The van der Waals surface area contributed by atoms with Crippen molar-refractivity contribution in [2.75, 3.05) is 7.11 Å². The van der Waals surface area contributed by atoms with Crippen LogP contribution < -0.4 is 10.5 Å². The van der Waals surface area contributed by atoms with Crippen molar-refractivity contribution in [2.24, 2.45) is 11.1 Å². The summed E-state index contributed by atoms with van der Waals surface area (Å²) in [7, 11) is 1.56. The van der Waals surface area contributed by atoms with Gasteiger partial charge in [0.2, 0.25) is 0 Å². The predicted octanol–water partition coefficient (Wildman–Crippen LogP) is 2.56. The van der Waals surface area contributed by atoms with E-state index in [9.17, 15) is 4.79 Å². The zero-order chi connectivity index (χ0) is 13.2. The Morgan fingerprint density at radius 1 is 1.35 bits per heavy atom. The first-order valence-electron chi connectivity index (χ1n) is 5.72. The maximum Gasteiger partial charge on any atom is 0.183 e. The minimum Gasteiger partial charge on any atom is -0.496 e. The summed E-state index contributed by atoms with van der Waals surface area (Å²) in [4.78, 5) is 12.3. The van der Waals surface area contributed by atoms with Crippen molar-refractivity contribution in [2.45, 2.75) is 33.7 Å². The number of ketones is 1. The largest absolute Gasteiger partial charge is 0.496 e. The van der Waals surface area contributed by atoms with Crippen molar-refractivity contribution in [3.8, 4) is 5.75 Å². The summed E-state index contributed by atoms with van der Waals surface area (Å²) in [6.45, 7) is 7.81. The van der Waals surface area contributed by atoms with Crippen molar-refractivity contribution >= 4 is 5.78 Å². The summed E-state index contributed by atoms with van der Waals surface area (Å²) in [6.07, 6.45) is 0. The van der Waals surface area contributed by atoms with Crippen molar-refractivity contribution in [1.82, 2.24) is 0 Å². The molecule has 0 aliphatic rings. The molecule has 0 bridgehead atoms. The number of Topliss-reactive ketones (excluding diaryl/α,β-unsaturated/α-hetero) is 1. The molecule has 3 heteroatoms. The molecule has 1 aromatic rings. The SMILES string of the molecule is COc1ccc(C)cc1C(=O)C(N)C(C)(C)C. The molecule has 3 nitrogen and oxygen atoms in total. The van der Waals surface area contributed by atoms with E-state index in [1.165, 1.54) is 0 Å². The van der Waals surface area contributed by atoms with Gasteiger partial charge < -0.3 is 10.5 Å². The van der Waals surface area contributed by atoms with Crippen molar-refractivity contribution in [3.05, 3.63) is 29.3 Å². The van der Waals surface area contributed by atoms with E-state index in [0.717, 1.165) is 5.56 Å². The summed E-state index contributed by atoms with van der Waals surface area (Å²) in [5.74, 6) is 0.512. The van der Waals surface area contributed by atoms with Crippen molar-refractivity contribution in [3.63, 3.8) is 0 Å². The molecular formula is C14H21NO2. The molecule has 1 unspecified atom stereocenters. The normalized spacial score (nSPS) is 13.3. The number of rotatable bonds is 3. The Kier molecular flexibility index (Phi) is 3.94. The number of nitrogens with two attached hydrogens (primary N) is 1. The van der Waals surface area contributed by atoms with Gasteiger partial charge in [-0.25, -0.2) is 0 Å². The van der Waals surface area contributed by atoms with Crippen LogP contribution in [0.25, 0.3) is 0 Å². The van der Waals surface area contributed by atoms with Crippen LogP contribution in [0.4, 0.5) is 0 Å². The van der Waals surface area contributed by atoms with Crippen LogP contribution in [0.1, 0.15) is 36.7 Å². The van der Waals surface area contributed by atoms with Crippen LogP contribution in [-0.2, 0) is 0 Å². The Morgan fingerprint density at radius 3 is 2.41 bits per heavy atom. The van der Waals surface area contributed by atoms with Crippen LogP contribution in [0.15, 0.2) is 18.2 Å². The molecule has 0 heterocycles. The van der Waals surface area contributed by atoms with Gasteiger partial charge in [0, 0.05) is 0 Å². The predicted molar refractivity (Wildman–Crippen MR) is 69.5 cm³/mol. The fraction of sp³-hybridized carbons (Fsp3) is 0.500. The Labute approximate surface area is 103 Å². The summed E-state index contributed by atoms with van der Waals surface area (Å²) in [5, 5.41) is 0. The molecule has 0 aliphatic carbocycles. The van der Waals surface area contributed by atoms with Crippen LogP contribution in [0.2, 0.25) is 0 Å². The quantitative estimate of drug-likeness (QED) is 0.819. The average Bonchev–Trinajstić information content (AvgIpc) is 2.25. The van der Waals surface area contributed by atoms with Crippen LogP contribution in [0.5, 0.6) is 5.75 Å². The lowest BCUT2D eigenvalue weighted by Crippen LogP contribution is -2.42. The van der Waals surface area contributed by atoms with Crippen LogP contribution >= 0.6 is 0 Å². The van der Waals surface area contributed by atoms with Gasteiger partial charge >= 0.3 is 0 Å². The highest BCUT2D eigenvalue weighted by atomic mass is 16.5. The molecule has 0 spiro atoms. The van der Waals surface area contributed by atoms with Crippen LogP contribution in [0, 0.1) is 12.3 Å². The third kappa shape index (κ3) is 3.07. The van der Waals surface area contributed by atoms with E-state index < -0.39 is 6.04 Å². The number of hydrogen-bond acceptors (Lipinski definition) is 3. The summed E-state index contributed by atoms with van der Waals surface area (Å²) >= 11 is 0. The Morgan fingerprint density at radius 2 is 1.94 bits per heavy atom.